The molecule has 172 valence electrons. The molecule has 3 nitrogen and oxygen atoms in total. The van der Waals surface area contributed by atoms with E-state index in [2.05, 4.69) is 20.4 Å². The van der Waals surface area contributed by atoms with Gasteiger partial charge in [0.25, 0.3) is 0 Å². The summed E-state index contributed by atoms with van der Waals surface area (Å²) in [6, 6.07) is 4.06. The van der Waals surface area contributed by atoms with Crippen LogP contribution in [-0.2, 0) is 0 Å². The third-order valence-corrected chi connectivity index (χ3v) is 4.49. The number of benzene rings is 1. The van der Waals surface area contributed by atoms with Gasteiger partial charge in [-0.2, -0.15) is 8.78 Å². The number of aliphatic hydroxyl groups is 1. The highest BCUT2D eigenvalue weighted by Crippen LogP contribution is 2.44. The number of halogens is 2. The van der Waals surface area contributed by atoms with Crippen molar-refractivity contribution in [3.8, 4) is 5.75 Å². The molecule has 29 heavy (non-hydrogen) atoms. The molecule has 0 spiro atoms. The number of rotatable bonds is 7. The molecule has 0 heterocycles. The molecule has 0 saturated heterocycles. The minimum Gasteiger partial charge on any atom is -0.418 e. The maximum Gasteiger partial charge on any atom is 0.400 e. The summed E-state index contributed by atoms with van der Waals surface area (Å²) in [7, 11) is 1.00. The Kier molecular flexibility index (Phi) is 20.5. The zero-order chi connectivity index (χ0) is 23.8. The van der Waals surface area contributed by atoms with E-state index < -0.39 is 16.6 Å². The van der Waals surface area contributed by atoms with Crippen molar-refractivity contribution in [2.45, 2.75) is 84.7 Å². The fourth-order valence-corrected chi connectivity index (χ4v) is 2.69. The smallest absolute Gasteiger partial charge is 0.400 e. The van der Waals surface area contributed by atoms with Gasteiger partial charge in [0, 0.05) is 7.11 Å². The predicted octanol–water partition coefficient (Wildman–Crippen LogP) is 8.67. The summed E-state index contributed by atoms with van der Waals surface area (Å²) in [5.41, 5.74) is 3.01. The Balaban J connectivity index is -0.000000856. The van der Waals surface area contributed by atoms with E-state index in [0.717, 1.165) is 18.2 Å². The van der Waals surface area contributed by atoms with E-state index in [9.17, 15) is 8.78 Å². The fraction of sp³-hybridized carbons (Fsp3) is 0.636. The Morgan fingerprint density at radius 1 is 0.966 bits per heavy atom. The third-order valence-electron chi connectivity index (χ3n) is 3.41. The van der Waals surface area contributed by atoms with Gasteiger partial charge in [-0.3, -0.25) is 0 Å². The highest BCUT2D eigenvalue weighted by atomic mass is 32.2. The summed E-state index contributed by atoms with van der Waals surface area (Å²) in [4.78, 5) is 0. The summed E-state index contributed by atoms with van der Waals surface area (Å²) in [5, 5.41) is 7.00. The van der Waals surface area contributed by atoms with E-state index >= 15 is 0 Å². The van der Waals surface area contributed by atoms with Crippen molar-refractivity contribution in [1.82, 2.24) is 0 Å². The van der Waals surface area contributed by atoms with Gasteiger partial charge >= 0.3 is 4.59 Å². The molecular weight excluding hydrogens is 414 g/mol. The van der Waals surface area contributed by atoms with E-state index in [1.807, 2.05) is 60.6 Å². The number of hydrogen-bond acceptors (Lipinski definition) is 5. The Morgan fingerprint density at radius 2 is 1.31 bits per heavy atom. The zero-order valence-corrected chi connectivity index (χ0v) is 21.2. The third kappa shape index (κ3) is 13.2. The normalized spacial score (nSPS) is 10.4. The summed E-state index contributed by atoms with van der Waals surface area (Å²) < 4.78 is 37.1. The molecule has 1 aromatic carbocycles. The predicted molar refractivity (Wildman–Crippen MR) is 127 cm³/mol. The molecule has 0 aliphatic carbocycles. The van der Waals surface area contributed by atoms with Gasteiger partial charge in [0.15, 0.2) is 0 Å². The van der Waals surface area contributed by atoms with Crippen LogP contribution in [-0.4, -0.2) is 21.4 Å². The molecular formula is C22H40F2O3S2. The van der Waals surface area contributed by atoms with Gasteiger partial charge in [0.1, 0.15) is 17.8 Å². The average Bonchev–Trinajstić information content (AvgIpc) is 2.69. The van der Waals surface area contributed by atoms with Crippen molar-refractivity contribution in [3.63, 3.8) is 0 Å². The molecule has 1 aromatic rings. The van der Waals surface area contributed by atoms with Crippen molar-refractivity contribution in [1.29, 1.82) is 0 Å². The van der Waals surface area contributed by atoms with E-state index in [1.165, 1.54) is 5.56 Å². The van der Waals surface area contributed by atoms with Crippen LogP contribution in [0.4, 0.5) is 8.78 Å². The monoisotopic (exact) mass is 454 g/mol. The Bertz CT molecular complexity index is 520. The van der Waals surface area contributed by atoms with Crippen LogP contribution < -0.4 is 4.18 Å². The first-order valence-corrected chi connectivity index (χ1v) is 11.3. The van der Waals surface area contributed by atoms with Crippen molar-refractivity contribution in [2.24, 2.45) is 0 Å². The minimum atomic E-state index is -3.39. The van der Waals surface area contributed by atoms with Crippen LogP contribution in [0.5, 0.6) is 5.75 Å². The topological polar surface area (TPSA) is 49.7 Å². The van der Waals surface area contributed by atoms with Crippen LogP contribution in [0, 0.1) is 0 Å². The average molecular weight is 455 g/mol. The zero-order valence-electron chi connectivity index (χ0n) is 19.5. The van der Waals surface area contributed by atoms with Crippen LogP contribution in [0.3, 0.4) is 0 Å². The molecule has 0 atom stereocenters. The molecule has 0 amide bonds. The first kappa shape index (κ1) is 32.9. The highest BCUT2D eigenvalue weighted by Gasteiger charge is 2.34. The lowest BCUT2D eigenvalue weighted by atomic mass is 9.88. The Morgan fingerprint density at radius 3 is 1.55 bits per heavy atom. The standard InChI is InChI=1S/C16H24F2O2S2.C3H6.C2H6.CH4O/c1-9(2)12-7-13(10(3)4)15(14(8-12)11(5)6)20-22-16(17,18)21-19;1-3-2;2*1-2/h7-11,19H,1-6H3;3H,1H2,2H3;1-2H3;2H,1H3. The fourth-order valence-electron chi connectivity index (χ4n) is 2.09. The maximum atomic E-state index is 13.3. The van der Waals surface area contributed by atoms with Gasteiger partial charge in [-0.1, -0.05) is 73.6 Å². The summed E-state index contributed by atoms with van der Waals surface area (Å²) in [6.45, 7) is 21.5. The van der Waals surface area contributed by atoms with Crippen molar-refractivity contribution in [3.05, 3.63) is 41.5 Å². The molecule has 0 radical (unpaired) electrons. The minimum absolute atomic E-state index is 0.0112. The maximum absolute atomic E-state index is 13.3. The highest BCUT2D eigenvalue weighted by molar-refractivity contribution is 8.13. The second-order valence-electron chi connectivity index (χ2n) is 6.62. The van der Waals surface area contributed by atoms with E-state index in [4.69, 9.17) is 13.8 Å². The van der Waals surface area contributed by atoms with Crippen molar-refractivity contribution in [2.75, 3.05) is 7.11 Å². The molecule has 0 aromatic heterocycles. The lowest BCUT2D eigenvalue weighted by Gasteiger charge is -2.22. The molecule has 0 aliphatic rings. The molecule has 0 bridgehead atoms. The van der Waals surface area contributed by atoms with Gasteiger partial charge < -0.3 is 13.8 Å². The molecule has 0 unspecified atom stereocenters. The van der Waals surface area contributed by atoms with Crippen LogP contribution in [0.2, 0.25) is 0 Å². The summed E-state index contributed by atoms with van der Waals surface area (Å²) in [6.07, 6.45) is 1.75. The quantitative estimate of drug-likeness (QED) is 0.245. The van der Waals surface area contributed by atoms with Gasteiger partial charge in [-0.15, -0.1) is 6.58 Å². The van der Waals surface area contributed by atoms with Gasteiger partial charge in [0.05, 0.1) is 12.0 Å². The van der Waals surface area contributed by atoms with E-state index in [1.54, 1.807) is 6.08 Å². The van der Waals surface area contributed by atoms with Crippen LogP contribution in [0.25, 0.3) is 0 Å². The number of hydrogen-bond donors (Lipinski definition) is 2. The summed E-state index contributed by atoms with van der Waals surface area (Å²) >= 11 is -0.524. The van der Waals surface area contributed by atoms with Gasteiger partial charge in [-0.25, -0.2) is 0 Å². The Hall–Kier alpha value is -0.760. The lowest BCUT2D eigenvalue weighted by Crippen LogP contribution is -2.09. The number of allylic oxidation sites excluding steroid dienone is 1. The molecule has 1 rings (SSSR count). The first-order chi connectivity index (χ1) is 13.5. The van der Waals surface area contributed by atoms with E-state index in [0.29, 0.717) is 11.7 Å². The molecule has 0 saturated carbocycles. The SMILES string of the molecule is C=CC.CC.CC(C)c1cc(C(C)C)c(OSC(F)(F)SO)c(C(C)C)c1.CO. The number of aliphatic hydroxyl groups excluding tert-OH is 1. The summed E-state index contributed by atoms with van der Waals surface area (Å²) in [5.74, 6) is 1.16. The van der Waals surface area contributed by atoms with Crippen molar-refractivity contribution < 1.29 is 22.6 Å². The molecule has 0 fully saturated rings. The largest absolute Gasteiger partial charge is 0.418 e. The second kappa shape index (κ2) is 18.0. The van der Waals surface area contributed by atoms with Crippen LogP contribution >= 0.6 is 24.1 Å². The first-order valence-electron chi connectivity index (χ1n) is 9.76. The van der Waals surface area contributed by atoms with E-state index in [-0.39, 0.29) is 23.9 Å². The van der Waals surface area contributed by atoms with Crippen molar-refractivity contribution >= 4 is 24.1 Å². The van der Waals surface area contributed by atoms with Gasteiger partial charge in [0.2, 0.25) is 0 Å². The molecule has 7 heteroatoms. The lowest BCUT2D eigenvalue weighted by molar-refractivity contribution is 0.197. The number of alkyl halides is 2. The van der Waals surface area contributed by atoms with Crippen LogP contribution in [0.1, 0.15) is 96.8 Å². The molecule has 0 aliphatic heterocycles. The Labute approximate surface area is 185 Å². The second-order valence-corrected chi connectivity index (χ2v) is 8.42. The molecule has 2 N–H and O–H groups in total. The van der Waals surface area contributed by atoms with Crippen LogP contribution in [0.15, 0.2) is 24.8 Å². The van der Waals surface area contributed by atoms with Gasteiger partial charge in [-0.05, 0) is 41.4 Å².